The van der Waals surface area contributed by atoms with Crippen LogP contribution in [-0.4, -0.2) is 34.0 Å². The third kappa shape index (κ3) is 3.44. The summed E-state index contributed by atoms with van der Waals surface area (Å²) in [6.45, 7) is -0.453. The van der Waals surface area contributed by atoms with Gasteiger partial charge in [-0.05, 0) is 24.3 Å². The van der Waals surface area contributed by atoms with E-state index in [1.165, 1.54) is 31.3 Å². The summed E-state index contributed by atoms with van der Waals surface area (Å²) in [4.78, 5) is 11.1. The van der Waals surface area contributed by atoms with Crippen LogP contribution in [-0.2, 0) is 21.0 Å². The highest BCUT2D eigenvalue weighted by atomic mass is 32.2. The van der Waals surface area contributed by atoms with Crippen LogP contribution in [0.4, 0.5) is 18.9 Å². The average Bonchev–Trinajstić information content (AvgIpc) is 2.65. The number of alkyl halides is 3. The van der Waals surface area contributed by atoms with Crippen molar-refractivity contribution < 1.29 is 31.1 Å². The monoisotopic (exact) mass is 400 g/mol. The van der Waals surface area contributed by atoms with Crippen molar-refractivity contribution in [3.63, 3.8) is 0 Å². The topological polar surface area (TPSA) is 75.7 Å². The maximum absolute atomic E-state index is 13.3. The van der Waals surface area contributed by atoms with Crippen molar-refractivity contribution in [1.82, 2.24) is 5.32 Å². The van der Waals surface area contributed by atoms with Crippen molar-refractivity contribution in [2.75, 3.05) is 17.9 Å². The third-order valence-corrected chi connectivity index (χ3v) is 5.87. The highest BCUT2D eigenvalue weighted by Crippen LogP contribution is 2.40. The summed E-state index contributed by atoms with van der Waals surface area (Å²) in [6.07, 6.45) is -6.05. The standard InChI is InChI=1S/C17H15F3N2O4S/c1-21-16(23)14-10-22(12-7-3-4-8-13(12)26-14)27(24,25)15-9-5-2-6-11(15)17(18,19)20/h2-9,14H,10H2,1H3,(H,21,23)/t14-/m1/s1. The molecule has 10 heteroatoms. The molecule has 0 radical (unpaired) electrons. The fourth-order valence-electron chi connectivity index (χ4n) is 2.77. The number of nitrogens with zero attached hydrogens (tertiary/aromatic N) is 1. The smallest absolute Gasteiger partial charge is 0.417 e. The van der Waals surface area contributed by atoms with Crippen LogP contribution in [0.25, 0.3) is 0 Å². The zero-order valence-electron chi connectivity index (χ0n) is 14.0. The molecular weight excluding hydrogens is 385 g/mol. The van der Waals surface area contributed by atoms with Crippen LogP contribution in [0, 0.1) is 0 Å². The Hall–Kier alpha value is -2.75. The number of rotatable bonds is 3. The number of halogens is 3. The van der Waals surface area contributed by atoms with E-state index in [-0.39, 0.29) is 11.4 Å². The molecule has 2 aromatic rings. The van der Waals surface area contributed by atoms with Gasteiger partial charge in [0.2, 0.25) is 0 Å². The molecule has 3 rings (SSSR count). The van der Waals surface area contributed by atoms with E-state index in [2.05, 4.69) is 5.32 Å². The van der Waals surface area contributed by atoms with Gasteiger partial charge in [0.05, 0.1) is 22.7 Å². The van der Waals surface area contributed by atoms with Crippen molar-refractivity contribution in [1.29, 1.82) is 0 Å². The van der Waals surface area contributed by atoms with Crippen LogP contribution in [0.5, 0.6) is 5.75 Å². The maximum Gasteiger partial charge on any atom is 0.417 e. The summed E-state index contributed by atoms with van der Waals surface area (Å²) < 4.78 is 72.5. The van der Waals surface area contributed by atoms with Gasteiger partial charge in [-0.1, -0.05) is 24.3 Å². The number of likely N-dealkylation sites (N-methyl/N-ethyl adjacent to an activating group) is 1. The molecule has 144 valence electrons. The summed E-state index contributed by atoms with van der Waals surface area (Å²) in [5, 5.41) is 2.35. The molecule has 1 aliphatic heterocycles. The Bertz CT molecular complexity index is 976. The first-order valence-electron chi connectivity index (χ1n) is 7.82. The Morgan fingerprint density at radius 3 is 2.44 bits per heavy atom. The second-order valence-electron chi connectivity index (χ2n) is 5.72. The van der Waals surface area contributed by atoms with Gasteiger partial charge in [0.25, 0.3) is 15.9 Å². The first-order chi connectivity index (χ1) is 12.7. The largest absolute Gasteiger partial charge is 0.476 e. The zero-order valence-corrected chi connectivity index (χ0v) is 14.8. The van der Waals surface area contributed by atoms with Gasteiger partial charge in [-0.15, -0.1) is 0 Å². The van der Waals surface area contributed by atoms with Gasteiger partial charge in [0.15, 0.2) is 6.10 Å². The third-order valence-electron chi connectivity index (χ3n) is 4.03. The minimum Gasteiger partial charge on any atom is -0.476 e. The number of anilines is 1. The molecule has 0 aromatic heterocycles. The zero-order chi connectivity index (χ0) is 19.8. The molecule has 0 aliphatic carbocycles. The van der Waals surface area contributed by atoms with Crippen LogP contribution in [0.1, 0.15) is 5.56 Å². The normalized spacial score (nSPS) is 17.0. The van der Waals surface area contributed by atoms with E-state index in [4.69, 9.17) is 4.74 Å². The second-order valence-corrected chi connectivity index (χ2v) is 7.55. The quantitative estimate of drug-likeness (QED) is 0.859. The number of hydrogen-bond donors (Lipinski definition) is 1. The van der Waals surface area contributed by atoms with Gasteiger partial charge in [-0.25, -0.2) is 8.42 Å². The van der Waals surface area contributed by atoms with Crippen molar-refractivity contribution in [3.8, 4) is 5.75 Å². The number of hydrogen-bond acceptors (Lipinski definition) is 4. The van der Waals surface area contributed by atoms with E-state index in [0.717, 1.165) is 16.4 Å². The van der Waals surface area contributed by atoms with Gasteiger partial charge in [-0.3, -0.25) is 9.10 Å². The lowest BCUT2D eigenvalue weighted by Crippen LogP contribution is -2.50. The first-order valence-corrected chi connectivity index (χ1v) is 9.26. The molecule has 0 fully saturated rings. The Labute approximate surface area is 153 Å². The predicted octanol–water partition coefficient (Wildman–Crippen LogP) is 2.41. The van der Waals surface area contributed by atoms with Gasteiger partial charge in [-0.2, -0.15) is 13.2 Å². The molecule has 0 unspecified atom stereocenters. The molecule has 0 bridgehead atoms. The molecule has 0 saturated carbocycles. The molecule has 1 amide bonds. The van der Waals surface area contributed by atoms with Gasteiger partial charge < -0.3 is 10.1 Å². The van der Waals surface area contributed by atoms with Crippen molar-refractivity contribution in [3.05, 3.63) is 54.1 Å². The van der Waals surface area contributed by atoms with Crippen LogP contribution in [0.3, 0.4) is 0 Å². The summed E-state index contributed by atoms with van der Waals surface area (Å²) in [5.74, 6) is -0.501. The van der Waals surface area contributed by atoms with Crippen molar-refractivity contribution >= 4 is 21.6 Å². The summed E-state index contributed by atoms with van der Waals surface area (Å²) >= 11 is 0. The van der Waals surface area contributed by atoms with Crippen LogP contribution >= 0.6 is 0 Å². The van der Waals surface area contributed by atoms with Crippen LogP contribution in [0.2, 0.25) is 0 Å². The van der Waals surface area contributed by atoms with Crippen molar-refractivity contribution in [2.45, 2.75) is 17.2 Å². The Balaban J connectivity index is 2.16. The molecule has 1 atom stereocenters. The highest BCUT2D eigenvalue weighted by Gasteiger charge is 2.42. The molecule has 0 spiro atoms. The number of carbonyl (C=O) groups is 1. The lowest BCUT2D eigenvalue weighted by molar-refractivity contribution is -0.139. The van der Waals surface area contributed by atoms with E-state index < -0.39 is 45.2 Å². The first kappa shape index (κ1) is 19.0. The van der Waals surface area contributed by atoms with Crippen molar-refractivity contribution in [2.24, 2.45) is 0 Å². The fourth-order valence-corrected chi connectivity index (χ4v) is 4.46. The number of amides is 1. The van der Waals surface area contributed by atoms with Gasteiger partial charge >= 0.3 is 6.18 Å². The van der Waals surface area contributed by atoms with Gasteiger partial charge in [0.1, 0.15) is 5.75 Å². The molecule has 27 heavy (non-hydrogen) atoms. The highest BCUT2D eigenvalue weighted by molar-refractivity contribution is 7.93. The van der Waals surface area contributed by atoms with Crippen LogP contribution < -0.4 is 14.4 Å². The minimum atomic E-state index is -4.85. The Kier molecular flexibility index (Phi) is 4.77. The number of fused-ring (bicyclic) bond motifs is 1. The maximum atomic E-state index is 13.3. The predicted molar refractivity (Wildman–Crippen MR) is 90.9 cm³/mol. The molecule has 1 heterocycles. The molecule has 1 N–H and O–H groups in total. The van der Waals surface area contributed by atoms with Gasteiger partial charge in [0, 0.05) is 7.05 Å². The lowest BCUT2D eigenvalue weighted by atomic mass is 10.2. The molecular formula is C17H15F3N2O4S. The number of benzene rings is 2. The SMILES string of the molecule is CNC(=O)[C@H]1CN(S(=O)(=O)c2ccccc2C(F)(F)F)c2ccccc2O1. The van der Waals surface area contributed by atoms with E-state index in [9.17, 15) is 26.4 Å². The van der Waals surface area contributed by atoms with E-state index in [1.807, 2.05) is 0 Å². The summed E-state index contributed by atoms with van der Waals surface area (Å²) in [6, 6.07) is 9.87. The van der Waals surface area contributed by atoms with E-state index >= 15 is 0 Å². The number of nitrogens with one attached hydrogen (secondary N) is 1. The Morgan fingerprint density at radius 1 is 1.15 bits per heavy atom. The number of sulfonamides is 1. The van der Waals surface area contributed by atoms with E-state index in [1.54, 1.807) is 6.07 Å². The van der Waals surface area contributed by atoms with E-state index in [0.29, 0.717) is 6.07 Å². The molecule has 1 aliphatic rings. The average molecular weight is 400 g/mol. The summed E-state index contributed by atoms with van der Waals surface area (Å²) in [7, 11) is -3.26. The molecule has 2 aromatic carbocycles. The number of ether oxygens (including phenoxy) is 1. The molecule has 6 nitrogen and oxygen atoms in total. The fraction of sp³-hybridized carbons (Fsp3) is 0.235. The lowest BCUT2D eigenvalue weighted by Gasteiger charge is -2.35. The Morgan fingerprint density at radius 2 is 1.78 bits per heavy atom. The van der Waals surface area contributed by atoms with Crippen LogP contribution in [0.15, 0.2) is 53.4 Å². The number of para-hydroxylation sites is 2. The molecule has 0 saturated heterocycles. The summed E-state index contributed by atoms with van der Waals surface area (Å²) in [5.41, 5.74) is -1.21. The second kappa shape index (κ2) is 6.76. The minimum absolute atomic E-state index is 0.0645. The number of carbonyl (C=O) groups excluding carboxylic acids is 1.